The van der Waals surface area contributed by atoms with Gasteiger partial charge in [0.2, 0.25) is 0 Å². The molecule has 0 amide bonds. The lowest BCUT2D eigenvalue weighted by Crippen LogP contribution is -2.20. The summed E-state index contributed by atoms with van der Waals surface area (Å²) in [5.74, 6) is 0. The second-order valence-corrected chi connectivity index (χ2v) is 4.90. The van der Waals surface area contributed by atoms with E-state index < -0.39 is 0 Å². The van der Waals surface area contributed by atoms with Crippen LogP contribution in [-0.2, 0) is 0 Å². The molecular weight excluding hydrogens is 262 g/mol. The first-order valence-corrected chi connectivity index (χ1v) is 6.50. The van der Waals surface area contributed by atoms with Crippen molar-refractivity contribution in [3.05, 3.63) is 46.0 Å². The Labute approximate surface area is 107 Å². The third-order valence-corrected chi connectivity index (χ3v) is 3.96. The van der Waals surface area contributed by atoms with Crippen LogP contribution in [0, 0.1) is 13.8 Å². The fraction of sp³-hybridized carbons (Fsp3) is 0.429. The highest BCUT2D eigenvalue weighted by Gasteiger charge is 2.11. The summed E-state index contributed by atoms with van der Waals surface area (Å²) in [7, 11) is 0. The molecule has 1 unspecified atom stereocenters. The first-order chi connectivity index (χ1) is 7.60. The summed E-state index contributed by atoms with van der Waals surface area (Å²) in [6, 6.07) is 4.87. The van der Waals surface area contributed by atoms with E-state index in [1.807, 2.05) is 6.08 Å². The zero-order valence-corrected chi connectivity index (χ0v) is 11.9. The molecule has 88 valence electrons. The summed E-state index contributed by atoms with van der Waals surface area (Å²) in [5.41, 5.74) is 3.93. The molecule has 1 aromatic carbocycles. The Balaban J connectivity index is 3.04. The molecule has 1 nitrogen and oxygen atoms in total. The number of nitrogens with one attached hydrogen (secondary N) is 1. The first-order valence-electron chi connectivity index (χ1n) is 5.71. The topological polar surface area (TPSA) is 12.0 Å². The van der Waals surface area contributed by atoms with Crippen LogP contribution in [0.15, 0.2) is 29.3 Å². The van der Waals surface area contributed by atoms with Gasteiger partial charge in [0.15, 0.2) is 0 Å². The fourth-order valence-corrected chi connectivity index (χ4v) is 2.16. The van der Waals surface area contributed by atoms with Gasteiger partial charge in [-0.05, 0) is 43.5 Å². The van der Waals surface area contributed by atoms with Gasteiger partial charge in [0.1, 0.15) is 0 Å². The van der Waals surface area contributed by atoms with Gasteiger partial charge in [-0.1, -0.05) is 41.1 Å². The van der Waals surface area contributed by atoms with Crippen molar-refractivity contribution in [3.8, 4) is 0 Å². The second kappa shape index (κ2) is 6.21. The Bertz CT molecular complexity index is 348. The van der Waals surface area contributed by atoms with Gasteiger partial charge in [-0.2, -0.15) is 0 Å². The number of rotatable bonds is 5. The maximum absolute atomic E-state index is 3.82. The monoisotopic (exact) mass is 281 g/mol. The molecule has 1 atom stereocenters. The highest BCUT2D eigenvalue weighted by molar-refractivity contribution is 9.10. The SMILES string of the molecule is C=CCC(NCC)c1cc(C)c(Br)c(C)c1. The Morgan fingerprint density at radius 1 is 1.38 bits per heavy atom. The van der Waals surface area contributed by atoms with Gasteiger partial charge in [-0.15, -0.1) is 6.58 Å². The van der Waals surface area contributed by atoms with E-state index in [0.717, 1.165) is 13.0 Å². The van der Waals surface area contributed by atoms with Crippen LogP contribution in [0.3, 0.4) is 0 Å². The Morgan fingerprint density at radius 3 is 2.38 bits per heavy atom. The number of halogens is 1. The van der Waals surface area contributed by atoms with Crippen molar-refractivity contribution in [3.63, 3.8) is 0 Å². The minimum atomic E-state index is 0.382. The van der Waals surface area contributed by atoms with Crippen LogP contribution in [0.5, 0.6) is 0 Å². The lowest BCUT2D eigenvalue weighted by molar-refractivity contribution is 0.558. The van der Waals surface area contributed by atoms with Crippen LogP contribution < -0.4 is 5.32 Å². The molecule has 0 aliphatic heterocycles. The quantitative estimate of drug-likeness (QED) is 0.794. The van der Waals surface area contributed by atoms with E-state index in [4.69, 9.17) is 0 Å². The highest BCUT2D eigenvalue weighted by atomic mass is 79.9. The van der Waals surface area contributed by atoms with E-state index in [1.54, 1.807) is 0 Å². The van der Waals surface area contributed by atoms with Gasteiger partial charge >= 0.3 is 0 Å². The van der Waals surface area contributed by atoms with Crippen LogP contribution in [-0.4, -0.2) is 6.54 Å². The molecular formula is C14H20BrN. The van der Waals surface area contributed by atoms with E-state index in [0.29, 0.717) is 6.04 Å². The van der Waals surface area contributed by atoms with Crippen LogP contribution in [0.2, 0.25) is 0 Å². The molecule has 2 heteroatoms. The summed E-state index contributed by atoms with van der Waals surface area (Å²) in [6.07, 6.45) is 2.94. The molecule has 0 aliphatic carbocycles. The van der Waals surface area contributed by atoms with Gasteiger partial charge in [-0.25, -0.2) is 0 Å². The van der Waals surface area contributed by atoms with Crippen molar-refractivity contribution in [2.45, 2.75) is 33.2 Å². The molecule has 16 heavy (non-hydrogen) atoms. The molecule has 0 heterocycles. The summed E-state index contributed by atoms with van der Waals surface area (Å²) in [6.45, 7) is 11.2. The normalized spacial score (nSPS) is 12.5. The van der Waals surface area contributed by atoms with E-state index in [-0.39, 0.29) is 0 Å². The highest BCUT2D eigenvalue weighted by Crippen LogP contribution is 2.27. The third-order valence-electron chi connectivity index (χ3n) is 2.71. The molecule has 0 bridgehead atoms. The average molecular weight is 282 g/mol. The van der Waals surface area contributed by atoms with Gasteiger partial charge in [0.05, 0.1) is 0 Å². The van der Waals surface area contributed by atoms with Crippen molar-refractivity contribution >= 4 is 15.9 Å². The Morgan fingerprint density at radius 2 is 1.94 bits per heavy atom. The van der Waals surface area contributed by atoms with E-state index >= 15 is 0 Å². The van der Waals surface area contributed by atoms with Gasteiger partial charge < -0.3 is 5.32 Å². The van der Waals surface area contributed by atoms with Gasteiger partial charge in [-0.3, -0.25) is 0 Å². The fourth-order valence-electron chi connectivity index (χ4n) is 1.93. The van der Waals surface area contributed by atoms with Crippen molar-refractivity contribution in [1.29, 1.82) is 0 Å². The number of hydrogen-bond acceptors (Lipinski definition) is 1. The minimum absolute atomic E-state index is 0.382. The smallest absolute Gasteiger partial charge is 0.0354 e. The lowest BCUT2D eigenvalue weighted by atomic mass is 9.99. The van der Waals surface area contributed by atoms with Crippen LogP contribution >= 0.6 is 15.9 Å². The predicted octanol–water partition coefficient (Wildman–Crippen LogP) is 4.29. The van der Waals surface area contributed by atoms with Gasteiger partial charge in [0, 0.05) is 10.5 Å². The van der Waals surface area contributed by atoms with Crippen LogP contribution in [0.25, 0.3) is 0 Å². The maximum Gasteiger partial charge on any atom is 0.0354 e. The van der Waals surface area contributed by atoms with E-state index in [1.165, 1.54) is 21.2 Å². The summed E-state index contributed by atoms with van der Waals surface area (Å²) in [4.78, 5) is 0. The van der Waals surface area contributed by atoms with Gasteiger partial charge in [0.25, 0.3) is 0 Å². The molecule has 1 aromatic rings. The summed E-state index contributed by atoms with van der Waals surface area (Å²) < 4.78 is 1.21. The molecule has 0 fully saturated rings. The zero-order valence-electron chi connectivity index (χ0n) is 10.3. The van der Waals surface area contributed by atoms with E-state index in [9.17, 15) is 0 Å². The largest absolute Gasteiger partial charge is 0.310 e. The standard InChI is InChI=1S/C14H20BrN/c1-5-7-13(16-6-2)12-8-10(3)14(15)11(4)9-12/h5,8-9,13,16H,1,6-7H2,2-4H3. The minimum Gasteiger partial charge on any atom is -0.310 e. The Kier molecular flexibility index (Phi) is 5.23. The van der Waals surface area contributed by atoms with Crippen molar-refractivity contribution < 1.29 is 0 Å². The van der Waals surface area contributed by atoms with E-state index in [2.05, 4.69) is 60.7 Å². The Hall–Kier alpha value is -0.600. The first kappa shape index (κ1) is 13.5. The molecule has 1 rings (SSSR count). The maximum atomic E-state index is 3.82. The summed E-state index contributed by atoms with van der Waals surface area (Å²) in [5, 5.41) is 3.49. The second-order valence-electron chi connectivity index (χ2n) is 4.10. The molecule has 0 saturated heterocycles. The predicted molar refractivity (Wildman–Crippen MR) is 74.8 cm³/mol. The van der Waals surface area contributed by atoms with Crippen molar-refractivity contribution in [1.82, 2.24) is 5.32 Å². The molecule has 0 aliphatic rings. The van der Waals surface area contributed by atoms with Crippen LogP contribution in [0.1, 0.15) is 36.1 Å². The van der Waals surface area contributed by atoms with Crippen molar-refractivity contribution in [2.75, 3.05) is 6.54 Å². The molecule has 0 aromatic heterocycles. The average Bonchev–Trinajstić information content (AvgIpc) is 2.25. The molecule has 1 N–H and O–H groups in total. The zero-order chi connectivity index (χ0) is 12.1. The number of benzene rings is 1. The molecule has 0 saturated carbocycles. The number of hydrogen-bond donors (Lipinski definition) is 1. The number of aryl methyl sites for hydroxylation is 2. The lowest BCUT2D eigenvalue weighted by Gasteiger charge is -2.18. The third kappa shape index (κ3) is 3.19. The van der Waals surface area contributed by atoms with Crippen molar-refractivity contribution in [2.24, 2.45) is 0 Å². The molecule has 0 radical (unpaired) electrons. The van der Waals surface area contributed by atoms with Crippen LogP contribution in [0.4, 0.5) is 0 Å². The summed E-state index contributed by atoms with van der Waals surface area (Å²) >= 11 is 3.60. The molecule has 0 spiro atoms.